The molecule has 6 heteroatoms. The summed E-state index contributed by atoms with van der Waals surface area (Å²) in [4.78, 5) is 11.5. The maximum atomic E-state index is 5.62. The van der Waals surface area contributed by atoms with E-state index in [4.69, 9.17) is 9.26 Å². The summed E-state index contributed by atoms with van der Waals surface area (Å²) in [6.07, 6.45) is 10.7. The SMILES string of the molecule is COc1ccc(-c2noc([C@H]3CCCN3C3CCCCC3)n2)cn1. The summed E-state index contributed by atoms with van der Waals surface area (Å²) in [5.74, 6) is 1.95. The Balaban J connectivity index is 1.52. The van der Waals surface area contributed by atoms with E-state index in [1.165, 1.54) is 38.5 Å². The van der Waals surface area contributed by atoms with E-state index in [1.807, 2.05) is 12.1 Å². The largest absolute Gasteiger partial charge is 0.481 e. The highest BCUT2D eigenvalue weighted by molar-refractivity contribution is 5.53. The van der Waals surface area contributed by atoms with E-state index in [1.54, 1.807) is 13.3 Å². The zero-order valence-electron chi connectivity index (χ0n) is 14.1. The summed E-state index contributed by atoms with van der Waals surface area (Å²) in [7, 11) is 1.61. The van der Waals surface area contributed by atoms with Crippen LogP contribution in [0, 0.1) is 0 Å². The Labute approximate surface area is 142 Å². The molecule has 0 bridgehead atoms. The van der Waals surface area contributed by atoms with Crippen LogP contribution in [0.3, 0.4) is 0 Å². The molecule has 1 saturated heterocycles. The molecular weight excluding hydrogens is 304 g/mol. The normalized spacial score (nSPS) is 22.8. The maximum Gasteiger partial charge on any atom is 0.244 e. The number of nitrogens with zero attached hydrogens (tertiary/aromatic N) is 4. The number of hydrogen-bond donors (Lipinski definition) is 0. The molecule has 0 N–H and O–H groups in total. The molecule has 2 aliphatic rings. The standard InChI is InChI=1S/C18H24N4O2/c1-23-16-10-9-13(12-19-16)17-20-18(24-21-17)15-8-5-11-22(15)14-6-3-2-4-7-14/h9-10,12,14-15H,2-8,11H2,1H3/t15-/m1/s1. The van der Waals surface area contributed by atoms with Crippen LogP contribution in [-0.2, 0) is 0 Å². The van der Waals surface area contributed by atoms with Gasteiger partial charge in [-0.2, -0.15) is 4.98 Å². The first-order chi connectivity index (χ1) is 11.8. The molecular formula is C18H24N4O2. The second-order valence-electron chi connectivity index (χ2n) is 6.73. The lowest BCUT2D eigenvalue weighted by Gasteiger charge is -2.34. The molecule has 0 spiro atoms. The van der Waals surface area contributed by atoms with E-state index < -0.39 is 0 Å². The first-order valence-corrected chi connectivity index (χ1v) is 8.95. The van der Waals surface area contributed by atoms with Crippen LogP contribution in [0.5, 0.6) is 5.88 Å². The summed E-state index contributed by atoms with van der Waals surface area (Å²) >= 11 is 0. The molecule has 0 unspecified atom stereocenters. The van der Waals surface area contributed by atoms with E-state index in [0.29, 0.717) is 17.7 Å². The van der Waals surface area contributed by atoms with Gasteiger partial charge in [-0.3, -0.25) is 4.90 Å². The molecule has 2 fully saturated rings. The average Bonchev–Trinajstić information content (AvgIpc) is 3.32. The van der Waals surface area contributed by atoms with Gasteiger partial charge in [-0.05, 0) is 38.3 Å². The van der Waals surface area contributed by atoms with Crippen LogP contribution in [0.25, 0.3) is 11.4 Å². The molecule has 24 heavy (non-hydrogen) atoms. The average molecular weight is 328 g/mol. The van der Waals surface area contributed by atoms with Crippen molar-refractivity contribution < 1.29 is 9.26 Å². The molecule has 0 amide bonds. The third-order valence-corrected chi connectivity index (χ3v) is 5.27. The topological polar surface area (TPSA) is 64.3 Å². The second kappa shape index (κ2) is 6.89. The Morgan fingerprint density at radius 2 is 2.00 bits per heavy atom. The van der Waals surface area contributed by atoms with Gasteiger partial charge in [0, 0.05) is 23.9 Å². The van der Waals surface area contributed by atoms with Gasteiger partial charge in [-0.25, -0.2) is 4.98 Å². The fourth-order valence-corrected chi connectivity index (χ4v) is 4.03. The van der Waals surface area contributed by atoms with E-state index in [9.17, 15) is 0 Å². The Bertz CT molecular complexity index is 664. The van der Waals surface area contributed by atoms with E-state index in [-0.39, 0.29) is 6.04 Å². The summed E-state index contributed by atoms with van der Waals surface area (Å²) in [6.45, 7) is 1.15. The third kappa shape index (κ3) is 3.02. The first-order valence-electron chi connectivity index (χ1n) is 8.95. The number of pyridine rings is 1. The monoisotopic (exact) mass is 328 g/mol. The summed E-state index contributed by atoms with van der Waals surface area (Å²) in [5, 5.41) is 4.17. The Morgan fingerprint density at radius 1 is 1.12 bits per heavy atom. The minimum atomic E-state index is 0.278. The fourth-order valence-electron chi connectivity index (χ4n) is 4.03. The predicted molar refractivity (Wildman–Crippen MR) is 89.6 cm³/mol. The number of likely N-dealkylation sites (tertiary alicyclic amines) is 1. The second-order valence-corrected chi connectivity index (χ2v) is 6.73. The van der Waals surface area contributed by atoms with Gasteiger partial charge in [-0.1, -0.05) is 24.4 Å². The highest BCUT2D eigenvalue weighted by Gasteiger charge is 2.35. The number of rotatable bonds is 4. The fraction of sp³-hybridized carbons (Fsp3) is 0.611. The lowest BCUT2D eigenvalue weighted by Crippen LogP contribution is -2.36. The molecule has 0 radical (unpaired) electrons. The number of hydrogen-bond acceptors (Lipinski definition) is 6. The quantitative estimate of drug-likeness (QED) is 0.854. The molecule has 3 heterocycles. The van der Waals surface area contributed by atoms with Crippen LogP contribution in [0.15, 0.2) is 22.9 Å². The van der Waals surface area contributed by atoms with Crippen LogP contribution in [0.1, 0.15) is 56.9 Å². The highest BCUT2D eigenvalue weighted by atomic mass is 16.5. The molecule has 2 aromatic heterocycles. The molecule has 1 atom stereocenters. The molecule has 6 nitrogen and oxygen atoms in total. The zero-order valence-corrected chi connectivity index (χ0v) is 14.1. The van der Waals surface area contributed by atoms with Crippen molar-refractivity contribution in [2.24, 2.45) is 0 Å². The minimum absolute atomic E-state index is 0.278. The summed E-state index contributed by atoms with van der Waals surface area (Å²) < 4.78 is 10.7. The van der Waals surface area contributed by atoms with Gasteiger partial charge < -0.3 is 9.26 Å². The Morgan fingerprint density at radius 3 is 2.75 bits per heavy atom. The molecule has 0 aromatic carbocycles. The van der Waals surface area contributed by atoms with Crippen molar-refractivity contribution in [2.75, 3.05) is 13.7 Å². The van der Waals surface area contributed by atoms with Crippen LogP contribution in [0.4, 0.5) is 0 Å². The van der Waals surface area contributed by atoms with E-state index >= 15 is 0 Å². The van der Waals surface area contributed by atoms with Gasteiger partial charge in [0.25, 0.3) is 0 Å². The van der Waals surface area contributed by atoms with Crippen molar-refractivity contribution in [3.05, 3.63) is 24.2 Å². The van der Waals surface area contributed by atoms with Crippen LogP contribution >= 0.6 is 0 Å². The zero-order chi connectivity index (χ0) is 16.4. The number of methoxy groups -OCH3 is 1. The van der Waals surface area contributed by atoms with E-state index in [2.05, 4.69) is 20.0 Å². The van der Waals surface area contributed by atoms with E-state index in [0.717, 1.165) is 24.4 Å². The van der Waals surface area contributed by atoms with Gasteiger partial charge in [0.05, 0.1) is 13.2 Å². The van der Waals surface area contributed by atoms with Crippen molar-refractivity contribution in [3.8, 4) is 17.3 Å². The Hall–Kier alpha value is -1.95. The molecule has 1 aliphatic carbocycles. The van der Waals surface area contributed by atoms with Crippen LogP contribution < -0.4 is 4.74 Å². The predicted octanol–water partition coefficient (Wildman–Crippen LogP) is 3.61. The molecule has 4 rings (SSSR count). The molecule has 1 saturated carbocycles. The van der Waals surface area contributed by atoms with Crippen molar-refractivity contribution >= 4 is 0 Å². The van der Waals surface area contributed by atoms with Crippen molar-refractivity contribution in [2.45, 2.75) is 57.0 Å². The lowest BCUT2D eigenvalue weighted by molar-refractivity contribution is 0.121. The third-order valence-electron chi connectivity index (χ3n) is 5.27. The number of ether oxygens (including phenoxy) is 1. The maximum absolute atomic E-state index is 5.62. The van der Waals surface area contributed by atoms with Crippen LogP contribution in [-0.4, -0.2) is 39.7 Å². The molecule has 128 valence electrons. The summed E-state index contributed by atoms with van der Waals surface area (Å²) in [6, 6.07) is 4.69. The first kappa shape index (κ1) is 15.6. The van der Waals surface area contributed by atoms with Gasteiger partial charge in [0.2, 0.25) is 17.6 Å². The Kier molecular flexibility index (Phi) is 4.47. The van der Waals surface area contributed by atoms with Crippen molar-refractivity contribution in [1.29, 1.82) is 0 Å². The minimum Gasteiger partial charge on any atom is -0.481 e. The van der Waals surface area contributed by atoms with Gasteiger partial charge >= 0.3 is 0 Å². The smallest absolute Gasteiger partial charge is 0.244 e. The van der Waals surface area contributed by atoms with Crippen molar-refractivity contribution in [3.63, 3.8) is 0 Å². The molecule has 1 aliphatic heterocycles. The van der Waals surface area contributed by atoms with Gasteiger partial charge in [-0.15, -0.1) is 0 Å². The van der Waals surface area contributed by atoms with Crippen LogP contribution in [0.2, 0.25) is 0 Å². The molecule has 2 aromatic rings. The summed E-state index contributed by atoms with van der Waals surface area (Å²) in [5.41, 5.74) is 0.855. The highest BCUT2D eigenvalue weighted by Crippen LogP contribution is 2.37. The van der Waals surface area contributed by atoms with Gasteiger partial charge in [0.1, 0.15) is 0 Å². The van der Waals surface area contributed by atoms with Gasteiger partial charge in [0.15, 0.2) is 0 Å². The lowest BCUT2D eigenvalue weighted by atomic mass is 9.94. The van der Waals surface area contributed by atoms with Crippen molar-refractivity contribution in [1.82, 2.24) is 20.0 Å². The number of aromatic nitrogens is 3.